The number of carbonyl (C=O) groups is 3. The minimum absolute atomic E-state index is 0.0214. The Hall–Kier alpha value is -2.06. The van der Waals surface area contributed by atoms with Gasteiger partial charge in [-0.2, -0.15) is 0 Å². The Kier molecular flexibility index (Phi) is 6.16. The van der Waals surface area contributed by atoms with Crippen LogP contribution in [0.3, 0.4) is 0 Å². The SMILES string of the molecule is NCCNC(=O)C1CCCN(C(=O)CN2C(=O)CSc3ccccc32)C1. The van der Waals surface area contributed by atoms with E-state index in [1.807, 2.05) is 24.3 Å². The second kappa shape index (κ2) is 8.55. The molecule has 2 heterocycles. The highest BCUT2D eigenvalue weighted by Gasteiger charge is 2.31. The number of para-hydroxylation sites is 1. The molecule has 0 radical (unpaired) electrons. The zero-order chi connectivity index (χ0) is 18.5. The van der Waals surface area contributed by atoms with Crippen molar-refractivity contribution in [2.24, 2.45) is 11.7 Å². The fourth-order valence-corrected chi connectivity index (χ4v) is 4.26. The number of hydrogen-bond acceptors (Lipinski definition) is 5. The summed E-state index contributed by atoms with van der Waals surface area (Å²) in [4.78, 5) is 41.5. The first kappa shape index (κ1) is 18.7. The van der Waals surface area contributed by atoms with Crippen molar-refractivity contribution >= 4 is 35.2 Å². The highest BCUT2D eigenvalue weighted by atomic mass is 32.2. The van der Waals surface area contributed by atoms with Crippen LogP contribution in [-0.4, -0.2) is 61.1 Å². The topological polar surface area (TPSA) is 95.7 Å². The lowest BCUT2D eigenvalue weighted by atomic mass is 9.97. The summed E-state index contributed by atoms with van der Waals surface area (Å²) in [7, 11) is 0. The van der Waals surface area contributed by atoms with E-state index in [4.69, 9.17) is 5.73 Å². The summed E-state index contributed by atoms with van der Waals surface area (Å²) in [6, 6.07) is 7.62. The molecule has 2 aliphatic rings. The van der Waals surface area contributed by atoms with Crippen molar-refractivity contribution in [3.05, 3.63) is 24.3 Å². The van der Waals surface area contributed by atoms with Gasteiger partial charge in [0, 0.05) is 31.1 Å². The number of carbonyl (C=O) groups excluding carboxylic acids is 3. The van der Waals surface area contributed by atoms with Gasteiger partial charge in [0.25, 0.3) is 0 Å². The predicted octanol–water partition coefficient (Wildman–Crippen LogP) is 0.439. The van der Waals surface area contributed by atoms with Crippen LogP contribution >= 0.6 is 11.8 Å². The fraction of sp³-hybridized carbons (Fsp3) is 0.500. The van der Waals surface area contributed by atoms with E-state index in [0.29, 0.717) is 31.9 Å². The van der Waals surface area contributed by atoms with Crippen LogP contribution in [0.2, 0.25) is 0 Å². The van der Waals surface area contributed by atoms with Crippen molar-refractivity contribution in [3.8, 4) is 0 Å². The average molecular weight is 376 g/mol. The molecule has 8 heteroatoms. The second-order valence-electron chi connectivity index (χ2n) is 6.49. The van der Waals surface area contributed by atoms with Crippen LogP contribution in [0.5, 0.6) is 0 Å². The predicted molar refractivity (Wildman–Crippen MR) is 101 cm³/mol. The molecular weight excluding hydrogens is 352 g/mol. The zero-order valence-electron chi connectivity index (χ0n) is 14.6. The largest absolute Gasteiger partial charge is 0.355 e. The van der Waals surface area contributed by atoms with Gasteiger partial charge in [0.2, 0.25) is 17.7 Å². The van der Waals surface area contributed by atoms with Gasteiger partial charge in [0.05, 0.1) is 17.4 Å². The van der Waals surface area contributed by atoms with Crippen LogP contribution in [-0.2, 0) is 14.4 Å². The number of nitrogens with one attached hydrogen (secondary N) is 1. The second-order valence-corrected chi connectivity index (χ2v) is 7.51. The number of anilines is 1. The number of nitrogens with zero attached hydrogens (tertiary/aromatic N) is 2. The van der Waals surface area contributed by atoms with Crippen molar-refractivity contribution in [2.75, 3.05) is 43.4 Å². The molecule has 1 aromatic carbocycles. The Morgan fingerprint density at radius 2 is 2.12 bits per heavy atom. The molecule has 3 amide bonds. The number of piperidine rings is 1. The molecule has 3 N–H and O–H groups in total. The molecular formula is C18H24N4O3S. The summed E-state index contributed by atoms with van der Waals surface area (Å²) in [5.74, 6) is -0.0930. The van der Waals surface area contributed by atoms with Gasteiger partial charge in [-0.1, -0.05) is 12.1 Å². The summed E-state index contributed by atoms with van der Waals surface area (Å²) >= 11 is 1.50. The van der Waals surface area contributed by atoms with Crippen molar-refractivity contribution in [1.82, 2.24) is 10.2 Å². The average Bonchev–Trinajstić information content (AvgIpc) is 2.68. The number of fused-ring (bicyclic) bond motifs is 1. The van der Waals surface area contributed by atoms with E-state index < -0.39 is 0 Å². The van der Waals surface area contributed by atoms with E-state index in [1.165, 1.54) is 11.8 Å². The Bertz CT molecular complexity index is 697. The van der Waals surface area contributed by atoms with E-state index in [9.17, 15) is 14.4 Å². The van der Waals surface area contributed by atoms with Crippen LogP contribution in [0.1, 0.15) is 12.8 Å². The third kappa shape index (κ3) is 4.19. The lowest BCUT2D eigenvalue weighted by molar-refractivity contribution is -0.135. The maximum atomic E-state index is 12.8. The number of likely N-dealkylation sites (tertiary alicyclic amines) is 1. The molecule has 1 aromatic rings. The molecule has 0 bridgehead atoms. The monoisotopic (exact) mass is 376 g/mol. The Labute approximate surface area is 157 Å². The van der Waals surface area contributed by atoms with Gasteiger partial charge in [0.1, 0.15) is 6.54 Å². The molecule has 7 nitrogen and oxygen atoms in total. The number of nitrogens with two attached hydrogens (primary N) is 1. The van der Waals surface area contributed by atoms with Crippen LogP contribution < -0.4 is 16.0 Å². The number of rotatable bonds is 5. The van der Waals surface area contributed by atoms with Crippen molar-refractivity contribution in [1.29, 1.82) is 0 Å². The molecule has 1 atom stereocenters. The molecule has 1 unspecified atom stereocenters. The lowest BCUT2D eigenvalue weighted by Gasteiger charge is -2.35. The number of hydrogen-bond donors (Lipinski definition) is 2. The van der Waals surface area contributed by atoms with Crippen molar-refractivity contribution in [3.63, 3.8) is 0 Å². The molecule has 0 aromatic heterocycles. The molecule has 1 fully saturated rings. The molecule has 2 aliphatic heterocycles. The Morgan fingerprint density at radius 3 is 2.92 bits per heavy atom. The summed E-state index contributed by atoms with van der Waals surface area (Å²) < 4.78 is 0. The lowest BCUT2D eigenvalue weighted by Crippen LogP contribution is -2.50. The van der Waals surface area contributed by atoms with Crippen LogP contribution in [0.25, 0.3) is 0 Å². The number of amides is 3. The van der Waals surface area contributed by atoms with Crippen molar-refractivity contribution in [2.45, 2.75) is 17.7 Å². The van der Waals surface area contributed by atoms with Gasteiger partial charge in [-0.15, -0.1) is 11.8 Å². The minimum Gasteiger partial charge on any atom is -0.355 e. The number of thioether (sulfide) groups is 1. The van der Waals surface area contributed by atoms with Crippen molar-refractivity contribution < 1.29 is 14.4 Å². The van der Waals surface area contributed by atoms with E-state index in [1.54, 1.807) is 9.80 Å². The molecule has 140 valence electrons. The third-order valence-electron chi connectivity index (χ3n) is 4.69. The van der Waals surface area contributed by atoms with Gasteiger partial charge in [0.15, 0.2) is 0 Å². The quantitative estimate of drug-likeness (QED) is 0.777. The third-order valence-corrected chi connectivity index (χ3v) is 5.74. The van der Waals surface area contributed by atoms with Crippen LogP contribution in [0.15, 0.2) is 29.2 Å². The molecule has 0 saturated carbocycles. The highest BCUT2D eigenvalue weighted by Crippen LogP contribution is 2.34. The smallest absolute Gasteiger partial charge is 0.242 e. The molecule has 3 rings (SSSR count). The van der Waals surface area contributed by atoms with Gasteiger partial charge in [-0.25, -0.2) is 0 Å². The maximum Gasteiger partial charge on any atom is 0.242 e. The minimum atomic E-state index is -0.209. The molecule has 26 heavy (non-hydrogen) atoms. The zero-order valence-corrected chi connectivity index (χ0v) is 15.5. The van der Waals surface area contributed by atoms with Crippen LogP contribution in [0, 0.1) is 5.92 Å². The van der Waals surface area contributed by atoms with Crippen LogP contribution in [0.4, 0.5) is 5.69 Å². The maximum absolute atomic E-state index is 12.8. The first-order valence-electron chi connectivity index (χ1n) is 8.88. The van der Waals surface area contributed by atoms with Gasteiger partial charge < -0.3 is 20.9 Å². The first-order chi connectivity index (χ1) is 12.6. The first-order valence-corrected chi connectivity index (χ1v) is 9.86. The van der Waals surface area contributed by atoms with E-state index in [-0.39, 0.29) is 30.2 Å². The molecule has 0 aliphatic carbocycles. The number of benzene rings is 1. The standard InChI is InChI=1S/C18H24N4O3S/c19-7-8-20-18(25)13-4-3-9-21(10-13)16(23)11-22-14-5-1-2-6-15(14)26-12-17(22)24/h1-2,5-6,13H,3-4,7-12,19H2,(H,20,25). The molecule has 1 saturated heterocycles. The Morgan fingerprint density at radius 1 is 1.31 bits per heavy atom. The Balaban J connectivity index is 1.64. The van der Waals surface area contributed by atoms with Gasteiger partial charge in [-0.05, 0) is 25.0 Å². The summed E-state index contributed by atoms with van der Waals surface area (Å²) in [5, 5.41) is 2.79. The summed E-state index contributed by atoms with van der Waals surface area (Å²) in [6.45, 7) is 1.88. The normalized spacial score (nSPS) is 19.9. The summed E-state index contributed by atoms with van der Waals surface area (Å²) in [5.41, 5.74) is 6.21. The van der Waals surface area contributed by atoms with E-state index in [0.717, 1.165) is 23.4 Å². The van der Waals surface area contributed by atoms with E-state index in [2.05, 4.69) is 5.32 Å². The van der Waals surface area contributed by atoms with E-state index >= 15 is 0 Å². The van der Waals surface area contributed by atoms with Gasteiger partial charge >= 0.3 is 0 Å². The van der Waals surface area contributed by atoms with Gasteiger partial charge in [-0.3, -0.25) is 14.4 Å². The molecule has 0 spiro atoms. The fourth-order valence-electron chi connectivity index (χ4n) is 3.32. The summed E-state index contributed by atoms with van der Waals surface area (Å²) in [6.07, 6.45) is 1.55. The highest BCUT2D eigenvalue weighted by molar-refractivity contribution is 8.00.